The molecule has 0 spiro atoms. The predicted octanol–water partition coefficient (Wildman–Crippen LogP) is 4.38. The van der Waals surface area contributed by atoms with Gasteiger partial charge in [-0.05, 0) is 37.3 Å². The van der Waals surface area contributed by atoms with Crippen LogP contribution in [0.3, 0.4) is 0 Å². The molecule has 0 aliphatic carbocycles. The van der Waals surface area contributed by atoms with E-state index < -0.39 is 6.17 Å². The zero-order chi connectivity index (χ0) is 14.0. The van der Waals surface area contributed by atoms with Gasteiger partial charge in [0.15, 0.2) is 0 Å². The maximum atomic E-state index is 14.0. The summed E-state index contributed by atoms with van der Waals surface area (Å²) >= 11 is 0. The van der Waals surface area contributed by atoms with Gasteiger partial charge in [0.2, 0.25) is 0 Å². The first-order chi connectivity index (χ1) is 8.09. The molecular formula is C16H26FN. The van der Waals surface area contributed by atoms with E-state index in [1.54, 1.807) is 0 Å². The van der Waals surface area contributed by atoms with Crippen LogP contribution in [0.25, 0.3) is 0 Å². The zero-order valence-electron chi connectivity index (χ0n) is 12.5. The van der Waals surface area contributed by atoms with Gasteiger partial charge in [0.05, 0.1) is 0 Å². The summed E-state index contributed by atoms with van der Waals surface area (Å²) in [4.78, 5) is 0. The fourth-order valence-corrected chi connectivity index (χ4v) is 1.71. The van der Waals surface area contributed by atoms with E-state index in [1.165, 1.54) is 5.56 Å². The molecule has 18 heavy (non-hydrogen) atoms. The van der Waals surface area contributed by atoms with E-state index in [0.29, 0.717) is 6.54 Å². The van der Waals surface area contributed by atoms with Gasteiger partial charge in [-0.3, -0.25) is 0 Å². The molecule has 1 N–H and O–H groups in total. The molecular weight excluding hydrogens is 225 g/mol. The molecule has 1 aromatic carbocycles. The van der Waals surface area contributed by atoms with Crippen molar-refractivity contribution in [3.8, 4) is 0 Å². The van der Waals surface area contributed by atoms with Crippen LogP contribution in [-0.4, -0.2) is 12.1 Å². The average Bonchev–Trinajstić information content (AvgIpc) is 2.24. The van der Waals surface area contributed by atoms with Crippen LogP contribution in [0.1, 0.15) is 58.8 Å². The lowest BCUT2D eigenvalue weighted by atomic mass is 9.86. The average molecular weight is 251 g/mol. The second-order valence-electron chi connectivity index (χ2n) is 6.97. The first-order valence-electron chi connectivity index (χ1n) is 6.59. The Morgan fingerprint density at radius 1 is 1.00 bits per heavy atom. The maximum Gasteiger partial charge on any atom is 0.138 e. The highest BCUT2D eigenvalue weighted by molar-refractivity contribution is 5.28. The highest BCUT2D eigenvalue weighted by atomic mass is 19.1. The first kappa shape index (κ1) is 15.2. The first-order valence-corrected chi connectivity index (χ1v) is 6.59. The Hall–Kier alpha value is -0.890. The number of benzene rings is 1. The molecule has 0 heterocycles. The number of rotatable bonds is 3. The highest BCUT2D eigenvalue weighted by Crippen LogP contribution is 2.25. The molecule has 0 fully saturated rings. The fraction of sp³-hybridized carbons (Fsp3) is 0.625. The molecule has 0 amide bonds. The summed E-state index contributed by atoms with van der Waals surface area (Å²) in [5.41, 5.74) is 2.06. The van der Waals surface area contributed by atoms with Gasteiger partial charge in [-0.2, -0.15) is 0 Å². The van der Waals surface area contributed by atoms with Crippen molar-refractivity contribution in [3.63, 3.8) is 0 Å². The third-order valence-electron chi connectivity index (χ3n) is 2.95. The van der Waals surface area contributed by atoms with E-state index in [9.17, 15) is 4.39 Å². The van der Waals surface area contributed by atoms with Gasteiger partial charge in [-0.1, -0.05) is 45.0 Å². The standard InChI is InChI=1S/C16H26FN/c1-15(2,3)13-9-7-12(8-10-13)14(17)11-18-16(4,5)6/h7-10,14,18H,11H2,1-6H3. The van der Waals surface area contributed by atoms with Gasteiger partial charge < -0.3 is 5.32 Å². The largest absolute Gasteiger partial charge is 0.309 e. The van der Waals surface area contributed by atoms with E-state index in [0.717, 1.165) is 5.56 Å². The lowest BCUT2D eigenvalue weighted by molar-refractivity contribution is 0.291. The summed E-state index contributed by atoms with van der Waals surface area (Å²) in [6.07, 6.45) is -0.946. The van der Waals surface area contributed by atoms with Crippen LogP contribution in [0.2, 0.25) is 0 Å². The zero-order valence-corrected chi connectivity index (χ0v) is 12.5. The summed E-state index contributed by atoms with van der Waals surface area (Å²) in [7, 11) is 0. The monoisotopic (exact) mass is 251 g/mol. The number of hydrogen-bond acceptors (Lipinski definition) is 1. The molecule has 0 radical (unpaired) electrons. The molecule has 1 aromatic rings. The minimum absolute atomic E-state index is 0.0459. The van der Waals surface area contributed by atoms with Crippen LogP contribution in [0.15, 0.2) is 24.3 Å². The highest BCUT2D eigenvalue weighted by Gasteiger charge is 2.17. The molecule has 1 rings (SSSR count). The van der Waals surface area contributed by atoms with Crippen molar-refractivity contribution in [3.05, 3.63) is 35.4 Å². The van der Waals surface area contributed by atoms with E-state index in [-0.39, 0.29) is 11.0 Å². The third-order valence-corrected chi connectivity index (χ3v) is 2.95. The van der Waals surface area contributed by atoms with Crippen LogP contribution in [0.4, 0.5) is 4.39 Å². The molecule has 0 aliphatic rings. The van der Waals surface area contributed by atoms with Gasteiger partial charge in [-0.15, -0.1) is 0 Å². The second kappa shape index (κ2) is 5.40. The third kappa shape index (κ3) is 4.77. The molecule has 1 unspecified atom stereocenters. The summed E-state index contributed by atoms with van der Waals surface area (Å²) in [5.74, 6) is 0. The smallest absolute Gasteiger partial charge is 0.138 e. The summed E-state index contributed by atoms with van der Waals surface area (Å²) < 4.78 is 14.0. The molecule has 0 aliphatic heterocycles. The Balaban J connectivity index is 2.68. The van der Waals surface area contributed by atoms with E-state index >= 15 is 0 Å². The molecule has 2 heteroatoms. The van der Waals surface area contributed by atoms with Gasteiger partial charge in [0, 0.05) is 12.1 Å². The van der Waals surface area contributed by atoms with Crippen molar-refractivity contribution in [1.29, 1.82) is 0 Å². The van der Waals surface area contributed by atoms with Crippen LogP contribution in [0, 0.1) is 0 Å². The summed E-state index contributed by atoms with van der Waals surface area (Å²) in [6.45, 7) is 13.0. The number of alkyl halides is 1. The van der Waals surface area contributed by atoms with Crippen molar-refractivity contribution in [1.82, 2.24) is 5.32 Å². The van der Waals surface area contributed by atoms with Gasteiger partial charge in [0.1, 0.15) is 6.17 Å². The molecule has 1 nitrogen and oxygen atoms in total. The Kier molecular flexibility index (Phi) is 4.55. The Labute approximate surface area is 111 Å². The van der Waals surface area contributed by atoms with Gasteiger partial charge in [-0.25, -0.2) is 4.39 Å². The van der Waals surface area contributed by atoms with E-state index in [4.69, 9.17) is 0 Å². The van der Waals surface area contributed by atoms with Crippen molar-refractivity contribution < 1.29 is 4.39 Å². The van der Waals surface area contributed by atoms with E-state index in [1.807, 2.05) is 45.0 Å². The van der Waals surface area contributed by atoms with Crippen molar-refractivity contribution >= 4 is 0 Å². The maximum absolute atomic E-state index is 14.0. The van der Waals surface area contributed by atoms with Crippen LogP contribution in [-0.2, 0) is 5.41 Å². The van der Waals surface area contributed by atoms with Crippen molar-refractivity contribution in [2.75, 3.05) is 6.54 Å². The van der Waals surface area contributed by atoms with Crippen LogP contribution < -0.4 is 5.32 Å². The molecule has 0 bridgehead atoms. The van der Waals surface area contributed by atoms with Crippen molar-refractivity contribution in [2.24, 2.45) is 0 Å². The Morgan fingerprint density at radius 3 is 1.89 bits per heavy atom. The molecule has 102 valence electrons. The number of halogens is 1. The molecule has 1 atom stereocenters. The second-order valence-corrected chi connectivity index (χ2v) is 6.97. The van der Waals surface area contributed by atoms with Gasteiger partial charge >= 0.3 is 0 Å². The van der Waals surface area contributed by atoms with Gasteiger partial charge in [0.25, 0.3) is 0 Å². The fourth-order valence-electron chi connectivity index (χ4n) is 1.71. The summed E-state index contributed by atoms with van der Waals surface area (Å²) in [5, 5.41) is 3.19. The lowest BCUT2D eigenvalue weighted by Gasteiger charge is -2.23. The molecule has 0 aromatic heterocycles. The van der Waals surface area contributed by atoms with E-state index in [2.05, 4.69) is 26.1 Å². The SMILES string of the molecule is CC(C)(C)NCC(F)c1ccc(C(C)(C)C)cc1. The van der Waals surface area contributed by atoms with Crippen LogP contribution >= 0.6 is 0 Å². The molecule has 0 saturated heterocycles. The number of nitrogens with one attached hydrogen (secondary N) is 1. The minimum atomic E-state index is -0.946. The minimum Gasteiger partial charge on any atom is -0.309 e. The van der Waals surface area contributed by atoms with Crippen molar-refractivity contribution in [2.45, 2.75) is 58.7 Å². The Bertz CT molecular complexity index is 368. The normalized spacial score (nSPS) is 14.6. The molecule has 0 saturated carbocycles. The summed E-state index contributed by atoms with van der Waals surface area (Å²) in [6, 6.07) is 7.85. The lowest BCUT2D eigenvalue weighted by Crippen LogP contribution is -2.37. The quantitative estimate of drug-likeness (QED) is 0.840. The van der Waals surface area contributed by atoms with Crippen LogP contribution in [0.5, 0.6) is 0 Å². The Morgan fingerprint density at radius 2 is 1.50 bits per heavy atom. The topological polar surface area (TPSA) is 12.0 Å². The number of hydrogen-bond donors (Lipinski definition) is 1. The predicted molar refractivity (Wildman–Crippen MR) is 76.7 cm³/mol.